The molecule has 2 fully saturated rings. The molecular formula is C23H27NO. The Morgan fingerprint density at radius 3 is 2.00 bits per heavy atom. The largest absolute Gasteiger partial charge is 0.353 e. The zero-order chi connectivity index (χ0) is 17.2. The maximum absolute atomic E-state index is 13.2. The van der Waals surface area contributed by atoms with E-state index >= 15 is 0 Å². The molecule has 1 amide bonds. The maximum Gasteiger partial charge on any atom is 0.232 e. The van der Waals surface area contributed by atoms with Gasteiger partial charge in [0.1, 0.15) is 0 Å². The van der Waals surface area contributed by atoms with Crippen molar-refractivity contribution in [1.82, 2.24) is 5.32 Å². The summed E-state index contributed by atoms with van der Waals surface area (Å²) in [6.45, 7) is 2.20. The van der Waals surface area contributed by atoms with Crippen LogP contribution in [0.2, 0.25) is 0 Å². The molecule has 2 aromatic carbocycles. The zero-order valence-corrected chi connectivity index (χ0v) is 14.9. The van der Waals surface area contributed by atoms with Crippen LogP contribution in [0.4, 0.5) is 0 Å². The molecule has 0 spiro atoms. The molecule has 2 aliphatic rings. The van der Waals surface area contributed by atoms with E-state index in [2.05, 4.69) is 36.5 Å². The van der Waals surface area contributed by atoms with Gasteiger partial charge in [0.2, 0.25) is 5.91 Å². The lowest BCUT2D eigenvalue weighted by Crippen LogP contribution is -2.42. The highest BCUT2D eigenvalue weighted by molar-refractivity contribution is 5.87. The summed E-state index contributed by atoms with van der Waals surface area (Å²) >= 11 is 0. The van der Waals surface area contributed by atoms with E-state index in [0.717, 1.165) is 23.0 Å². The van der Waals surface area contributed by atoms with E-state index in [1.807, 2.05) is 36.4 Å². The van der Waals surface area contributed by atoms with Crippen LogP contribution in [-0.4, -0.2) is 11.9 Å². The lowest BCUT2D eigenvalue weighted by atomic mass is 9.83. The number of carbonyl (C=O) groups is 1. The van der Waals surface area contributed by atoms with Crippen LogP contribution in [0, 0.1) is 17.8 Å². The second-order valence-corrected chi connectivity index (χ2v) is 7.89. The minimum absolute atomic E-state index is 0.132. The van der Waals surface area contributed by atoms with E-state index in [-0.39, 0.29) is 17.9 Å². The molecule has 25 heavy (non-hydrogen) atoms. The Bertz CT molecular complexity index is 672. The summed E-state index contributed by atoms with van der Waals surface area (Å²) in [5.41, 5.74) is 2.12. The maximum atomic E-state index is 13.2. The van der Waals surface area contributed by atoms with E-state index in [1.54, 1.807) is 0 Å². The third-order valence-corrected chi connectivity index (χ3v) is 6.33. The Balaban J connectivity index is 1.54. The predicted octanol–water partition coefficient (Wildman–Crippen LogP) is 4.76. The van der Waals surface area contributed by atoms with Crippen molar-refractivity contribution in [3.05, 3.63) is 71.8 Å². The molecule has 2 aliphatic carbocycles. The minimum Gasteiger partial charge on any atom is -0.353 e. The molecule has 2 heteroatoms. The summed E-state index contributed by atoms with van der Waals surface area (Å²) in [5.74, 6) is 2.30. The van der Waals surface area contributed by atoms with E-state index in [0.29, 0.717) is 5.92 Å². The molecular weight excluding hydrogens is 306 g/mol. The number of amides is 1. The van der Waals surface area contributed by atoms with Gasteiger partial charge in [-0.1, -0.05) is 67.1 Å². The molecule has 130 valence electrons. The molecule has 0 saturated heterocycles. The Labute approximate surface area is 150 Å². The number of rotatable bonds is 5. The first-order valence-electron chi connectivity index (χ1n) is 9.62. The summed E-state index contributed by atoms with van der Waals surface area (Å²) in [7, 11) is 0. The molecule has 2 nitrogen and oxygen atoms in total. The van der Waals surface area contributed by atoms with Gasteiger partial charge in [0.15, 0.2) is 0 Å². The molecule has 0 radical (unpaired) electrons. The van der Waals surface area contributed by atoms with Gasteiger partial charge < -0.3 is 5.32 Å². The van der Waals surface area contributed by atoms with E-state index in [1.165, 1.54) is 25.7 Å². The van der Waals surface area contributed by atoms with Gasteiger partial charge in [-0.3, -0.25) is 4.79 Å². The number of carbonyl (C=O) groups excluding carboxylic acids is 1. The van der Waals surface area contributed by atoms with Gasteiger partial charge in [-0.15, -0.1) is 0 Å². The fraction of sp³-hybridized carbons (Fsp3) is 0.435. The number of benzene rings is 2. The molecule has 1 N–H and O–H groups in total. The van der Waals surface area contributed by atoms with Crippen molar-refractivity contribution in [3.63, 3.8) is 0 Å². The molecule has 0 heterocycles. The smallest absolute Gasteiger partial charge is 0.232 e. The van der Waals surface area contributed by atoms with Crippen LogP contribution in [0.1, 0.15) is 49.7 Å². The third-order valence-electron chi connectivity index (χ3n) is 6.33. The highest BCUT2D eigenvalue weighted by atomic mass is 16.1. The van der Waals surface area contributed by atoms with Crippen molar-refractivity contribution in [2.24, 2.45) is 17.8 Å². The Hall–Kier alpha value is -2.09. The van der Waals surface area contributed by atoms with Gasteiger partial charge >= 0.3 is 0 Å². The van der Waals surface area contributed by atoms with Crippen LogP contribution in [0.5, 0.6) is 0 Å². The average molecular weight is 333 g/mol. The summed E-state index contributed by atoms with van der Waals surface area (Å²) < 4.78 is 0. The van der Waals surface area contributed by atoms with Crippen molar-refractivity contribution < 1.29 is 4.79 Å². The zero-order valence-electron chi connectivity index (χ0n) is 14.9. The topological polar surface area (TPSA) is 29.1 Å². The second kappa shape index (κ2) is 7.03. The van der Waals surface area contributed by atoms with Crippen molar-refractivity contribution in [1.29, 1.82) is 0 Å². The third kappa shape index (κ3) is 3.35. The van der Waals surface area contributed by atoms with Crippen molar-refractivity contribution in [2.45, 2.75) is 44.6 Å². The van der Waals surface area contributed by atoms with Crippen LogP contribution >= 0.6 is 0 Å². The van der Waals surface area contributed by atoms with Crippen molar-refractivity contribution >= 4 is 5.91 Å². The van der Waals surface area contributed by atoms with Crippen molar-refractivity contribution in [3.8, 4) is 0 Å². The summed E-state index contributed by atoms with van der Waals surface area (Å²) in [5, 5.41) is 3.36. The van der Waals surface area contributed by atoms with E-state index in [9.17, 15) is 4.79 Å². The molecule has 0 aromatic heterocycles. The summed E-state index contributed by atoms with van der Waals surface area (Å²) in [6, 6.07) is 20.5. The van der Waals surface area contributed by atoms with Gasteiger partial charge in [0.05, 0.1) is 5.92 Å². The number of hydrogen-bond donors (Lipinski definition) is 1. The summed E-state index contributed by atoms with van der Waals surface area (Å²) in [6.07, 6.45) is 5.44. The lowest BCUT2D eigenvalue weighted by Gasteiger charge is -2.30. The standard InChI is InChI=1S/C23H27NO/c1-16(21-15-17-12-13-20(21)14-17)24-23(25)22(18-8-4-2-5-9-18)19-10-6-3-7-11-19/h2-11,16-17,20-22H,12-15H2,1H3,(H,24,25)/t16-,17+,20+,21+/m0/s1. The van der Waals surface area contributed by atoms with Gasteiger partial charge in [-0.25, -0.2) is 0 Å². The van der Waals surface area contributed by atoms with E-state index < -0.39 is 0 Å². The number of fused-ring (bicyclic) bond motifs is 2. The number of nitrogens with one attached hydrogen (secondary N) is 1. The van der Waals surface area contributed by atoms with Crippen LogP contribution in [0.15, 0.2) is 60.7 Å². The quantitative estimate of drug-likeness (QED) is 0.840. The first-order chi connectivity index (χ1) is 12.2. The Morgan fingerprint density at radius 2 is 1.52 bits per heavy atom. The van der Waals surface area contributed by atoms with Gasteiger partial charge in [0, 0.05) is 6.04 Å². The molecule has 0 unspecified atom stereocenters. The summed E-state index contributed by atoms with van der Waals surface area (Å²) in [4.78, 5) is 13.2. The highest BCUT2D eigenvalue weighted by Crippen LogP contribution is 2.49. The first-order valence-corrected chi connectivity index (χ1v) is 9.62. The average Bonchev–Trinajstić information content (AvgIpc) is 3.27. The van der Waals surface area contributed by atoms with Crippen LogP contribution < -0.4 is 5.32 Å². The van der Waals surface area contributed by atoms with Crippen LogP contribution in [0.3, 0.4) is 0 Å². The number of hydrogen-bond acceptors (Lipinski definition) is 1. The Kier molecular flexibility index (Phi) is 4.61. The lowest BCUT2D eigenvalue weighted by molar-refractivity contribution is -0.122. The fourth-order valence-corrected chi connectivity index (χ4v) is 5.11. The second-order valence-electron chi connectivity index (χ2n) is 7.89. The molecule has 4 rings (SSSR count). The van der Waals surface area contributed by atoms with Crippen LogP contribution in [-0.2, 0) is 4.79 Å². The Morgan fingerprint density at radius 1 is 0.920 bits per heavy atom. The molecule has 2 saturated carbocycles. The van der Waals surface area contributed by atoms with Crippen molar-refractivity contribution in [2.75, 3.05) is 0 Å². The highest BCUT2D eigenvalue weighted by Gasteiger charge is 2.42. The molecule has 2 bridgehead atoms. The minimum atomic E-state index is -0.233. The molecule has 0 aliphatic heterocycles. The van der Waals surface area contributed by atoms with E-state index in [4.69, 9.17) is 0 Å². The normalized spacial score (nSPS) is 25.9. The van der Waals surface area contributed by atoms with Gasteiger partial charge in [0.25, 0.3) is 0 Å². The molecule has 4 atom stereocenters. The van der Waals surface area contributed by atoms with Gasteiger partial charge in [-0.2, -0.15) is 0 Å². The fourth-order valence-electron chi connectivity index (χ4n) is 5.11. The van der Waals surface area contributed by atoms with Gasteiger partial charge in [-0.05, 0) is 55.1 Å². The SMILES string of the molecule is C[C@H](NC(=O)C(c1ccccc1)c1ccccc1)[C@H]1C[C@@H]2CC[C@@H]1C2. The van der Waals surface area contributed by atoms with Crippen LogP contribution in [0.25, 0.3) is 0 Å². The predicted molar refractivity (Wildman–Crippen MR) is 101 cm³/mol. The monoisotopic (exact) mass is 333 g/mol. The first kappa shape index (κ1) is 16.4. The molecule has 2 aromatic rings.